The molecular formula is C18H23N3OS. The van der Waals surface area contributed by atoms with Crippen molar-refractivity contribution in [2.75, 3.05) is 6.54 Å². The van der Waals surface area contributed by atoms with Gasteiger partial charge in [-0.2, -0.15) is 0 Å². The fourth-order valence-corrected chi connectivity index (χ4v) is 3.93. The number of hydrogen-bond acceptors (Lipinski definition) is 4. The quantitative estimate of drug-likeness (QED) is 0.936. The zero-order chi connectivity index (χ0) is 16.4. The van der Waals surface area contributed by atoms with Crippen LogP contribution in [0.2, 0.25) is 0 Å². The van der Waals surface area contributed by atoms with Crippen molar-refractivity contribution in [1.29, 1.82) is 0 Å². The lowest BCUT2D eigenvalue weighted by Gasteiger charge is -2.36. The van der Waals surface area contributed by atoms with Gasteiger partial charge in [-0.25, -0.2) is 4.98 Å². The van der Waals surface area contributed by atoms with Gasteiger partial charge in [0.05, 0.1) is 6.04 Å². The zero-order valence-corrected chi connectivity index (χ0v) is 14.5. The Labute approximate surface area is 141 Å². The van der Waals surface area contributed by atoms with E-state index in [9.17, 15) is 4.79 Å². The molecule has 0 bridgehead atoms. The number of likely N-dealkylation sites (tertiary alicyclic amines) is 1. The Bertz CT molecular complexity index is 710. The van der Waals surface area contributed by atoms with E-state index < -0.39 is 0 Å². The second kappa shape index (κ2) is 6.81. The number of piperidine rings is 1. The maximum atomic E-state index is 12.9. The number of benzene rings is 1. The number of carbonyl (C=O) groups is 1. The minimum absolute atomic E-state index is 0.0338. The summed E-state index contributed by atoms with van der Waals surface area (Å²) in [6.45, 7) is 5.46. The Hall–Kier alpha value is -1.72. The van der Waals surface area contributed by atoms with Gasteiger partial charge in [0.1, 0.15) is 10.7 Å². The van der Waals surface area contributed by atoms with E-state index in [1.54, 1.807) is 0 Å². The highest BCUT2D eigenvalue weighted by Gasteiger charge is 2.30. The van der Waals surface area contributed by atoms with Crippen molar-refractivity contribution in [3.05, 3.63) is 51.0 Å². The molecule has 1 fully saturated rings. The second-order valence-corrected chi connectivity index (χ2v) is 7.07. The van der Waals surface area contributed by atoms with Crippen LogP contribution in [0.1, 0.15) is 57.5 Å². The monoisotopic (exact) mass is 329 g/mol. The molecule has 2 N–H and O–H groups in total. The Morgan fingerprint density at radius 2 is 2.22 bits per heavy atom. The van der Waals surface area contributed by atoms with Crippen LogP contribution < -0.4 is 5.73 Å². The van der Waals surface area contributed by atoms with E-state index in [1.165, 1.54) is 28.0 Å². The molecule has 5 heteroatoms. The summed E-state index contributed by atoms with van der Waals surface area (Å²) in [4.78, 5) is 19.3. The van der Waals surface area contributed by atoms with Crippen molar-refractivity contribution < 1.29 is 4.79 Å². The highest BCUT2D eigenvalue weighted by atomic mass is 32.1. The number of nitrogens with zero attached hydrogens (tertiary/aromatic N) is 2. The molecular weight excluding hydrogens is 306 g/mol. The van der Waals surface area contributed by atoms with Crippen LogP contribution >= 0.6 is 11.3 Å². The molecule has 4 nitrogen and oxygen atoms in total. The van der Waals surface area contributed by atoms with Gasteiger partial charge in [0.25, 0.3) is 5.91 Å². The molecule has 0 radical (unpaired) electrons. The van der Waals surface area contributed by atoms with E-state index in [2.05, 4.69) is 37.0 Å². The molecule has 1 aromatic carbocycles. The molecule has 1 atom stereocenters. The van der Waals surface area contributed by atoms with Crippen molar-refractivity contribution >= 4 is 17.2 Å². The van der Waals surface area contributed by atoms with Crippen LogP contribution in [0.5, 0.6) is 0 Å². The van der Waals surface area contributed by atoms with Crippen LogP contribution in [0.4, 0.5) is 0 Å². The molecule has 1 aromatic heterocycles. The Morgan fingerprint density at radius 1 is 1.39 bits per heavy atom. The van der Waals surface area contributed by atoms with Crippen molar-refractivity contribution in [2.24, 2.45) is 5.73 Å². The van der Waals surface area contributed by atoms with Crippen molar-refractivity contribution in [1.82, 2.24) is 9.88 Å². The molecule has 1 amide bonds. The third-order valence-electron chi connectivity index (χ3n) is 4.71. The minimum Gasteiger partial charge on any atom is -0.330 e. The molecule has 1 saturated heterocycles. The summed E-state index contributed by atoms with van der Waals surface area (Å²) in [5, 5.41) is 2.65. The van der Waals surface area contributed by atoms with Gasteiger partial charge in [-0.3, -0.25) is 4.79 Å². The highest BCUT2D eigenvalue weighted by molar-refractivity contribution is 7.09. The Kier molecular flexibility index (Phi) is 4.78. The smallest absolute Gasteiger partial charge is 0.273 e. The molecule has 2 aromatic rings. The summed E-state index contributed by atoms with van der Waals surface area (Å²) in [5.41, 5.74) is 9.99. The molecule has 0 spiro atoms. The van der Waals surface area contributed by atoms with Crippen LogP contribution in [0.15, 0.2) is 23.6 Å². The van der Waals surface area contributed by atoms with Gasteiger partial charge in [0.2, 0.25) is 0 Å². The standard InChI is InChI=1S/C18H23N3OS/c1-12-6-5-7-14(13(12)2)16-8-3-4-9-21(16)18(22)15-11-23-17(10-19)20-15/h5-7,11,16H,3-4,8-10,19H2,1-2H3. The summed E-state index contributed by atoms with van der Waals surface area (Å²) in [6.07, 6.45) is 3.23. The molecule has 1 aliphatic heterocycles. The van der Waals surface area contributed by atoms with E-state index in [0.29, 0.717) is 12.2 Å². The first-order valence-electron chi connectivity index (χ1n) is 8.13. The third-order valence-corrected chi connectivity index (χ3v) is 5.59. The number of hydrogen-bond donors (Lipinski definition) is 1. The minimum atomic E-state index is 0.0338. The maximum Gasteiger partial charge on any atom is 0.273 e. The van der Waals surface area contributed by atoms with Gasteiger partial charge in [-0.05, 0) is 49.8 Å². The highest BCUT2D eigenvalue weighted by Crippen LogP contribution is 2.34. The second-order valence-electron chi connectivity index (χ2n) is 6.13. The summed E-state index contributed by atoms with van der Waals surface area (Å²) in [6, 6.07) is 6.52. The first-order chi connectivity index (χ1) is 11.1. The molecule has 0 saturated carbocycles. The summed E-state index contributed by atoms with van der Waals surface area (Å²) < 4.78 is 0. The number of thiazole rings is 1. The summed E-state index contributed by atoms with van der Waals surface area (Å²) in [5.74, 6) is 0.0338. The van der Waals surface area contributed by atoms with Crippen molar-refractivity contribution in [2.45, 2.75) is 45.7 Å². The molecule has 3 rings (SSSR count). The molecule has 1 unspecified atom stereocenters. The van der Waals surface area contributed by atoms with Crippen LogP contribution in [0.3, 0.4) is 0 Å². The largest absolute Gasteiger partial charge is 0.330 e. The van der Waals surface area contributed by atoms with Crippen LogP contribution in [0, 0.1) is 13.8 Å². The van der Waals surface area contributed by atoms with E-state index in [-0.39, 0.29) is 11.9 Å². The predicted molar refractivity (Wildman–Crippen MR) is 93.5 cm³/mol. The van der Waals surface area contributed by atoms with Gasteiger partial charge in [0.15, 0.2) is 0 Å². The molecule has 1 aliphatic rings. The van der Waals surface area contributed by atoms with Gasteiger partial charge >= 0.3 is 0 Å². The Balaban J connectivity index is 1.92. The van der Waals surface area contributed by atoms with E-state index >= 15 is 0 Å². The fourth-order valence-electron chi connectivity index (χ4n) is 3.28. The van der Waals surface area contributed by atoms with Gasteiger partial charge in [-0.1, -0.05) is 18.2 Å². The van der Waals surface area contributed by atoms with E-state index in [1.807, 2.05) is 10.3 Å². The number of rotatable bonds is 3. The zero-order valence-electron chi connectivity index (χ0n) is 13.7. The summed E-state index contributed by atoms with van der Waals surface area (Å²) in [7, 11) is 0. The Morgan fingerprint density at radius 3 is 2.96 bits per heavy atom. The lowest BCUT2D eigenvalue weighted by Crippen LogP contribution is -2.39. The average molecular weight is 329 g/mol. The normalized spacial score (nSPS) is 18.2. The first kappa shape index (κ1) is 16.1. The molecule has 0 aliphatic carbocycles. The van der Waals surface area contributed by atoms with E-state index in [0.717, 1.165) is 30.8 Å². The van der Waals surface area contributed by atoms with Gasteiger partial charge < -0.3 is 10.6 Å². The first-order valence-corrected chi connectivity index (χ1v) is 9.01. The predicted octanol–water partition coefficient (Wildman–Crippen LogP) is 3.59. The van der Waals surface area contributed by atoms with Crippen LogP contribution in [0.25, 0.3) is 0 Å². The number of nitrogens with two attached hydrogens (primary N) is 1. The third kappa shape index (κ3) is 3.16. The van der Waals surface area contributed by atoms with Gasteiger partial charge in [0, 0.05) is 18.5 Å². The lowest BCUT2D eigenvalue weighted by atomic mass is 9.90. The maximum absolute atomic E-state index is 12.9. The topological polar surface area (TPSA) is 59.2 Å². The SMILES string of the molecule is Cc1cccc(C2CCCCN2C(=O)c2csc(CN)n2)c1C. The van der Waals surface area contributed by atoms with Crippen LogP contribution in [-0.2, 0) is 6.54 Å². The number of carbonyl (C=O) groups excluding carboxylic acids is 1. The number of aryl methyl sites for hydroxylation is 1. The van der Waals surface area contributed by atoms with Crippen molar-refractivity contribution in [3.8, 4) is 0 Å². The van der Waals surface area contributed by atoms with Crippen LogP contribution in [-0.4, -0.2) is 22.3 Å². The average Bonchev–Trinajstić information content (AvgIpc) is 3.06. The van der Waals surface area contributed by atoms with E-state index in [4.69, 9.17) is 5.73 Å². The summed E-state index contributed by atoms with van der Waals surface area (Å²) >= 11 is 1.46. The lowest BCUT2D eigenvalue weighted by molar-refractivity contribution is 0.0605. The molecule has 23 heavy (non-hydrogen) atoms. The number of amides is 1. The van der Waals surface area contributed by atoms with Gasteiger partial charge in [-0.15, -0.1) is 11.3 Å². The van der Waals surface area contributed by atoms with Crippen molar-refractivity contribution in [3.63, 3.8) is 0 Å². The number of aromatic nitrogens is 1. The molecule has 2 heterocycles. The molecule has 122 valence electrons. The fraction of sp³-hybridized carbons (Fsp3) is 0.444.